The summed E-state index contributed by atoms with van der Waals surface area (Å²) in [7, 11) is 3.55. The predicted octanol–water partition coefficient (Wildman–Crippen LogP) is 6.75. The third-order valence-corrected chi connectivity index (χ3v) is 9.27. The van der Waals surface area contributed by atoms with Gasteiger partial charge in [0.1, 0.15) is 11.3 Å². The Morgan fingerprint density at radius 3 is 2.44 bits per heavy atom. The number of para-hydroxylation sites is 1. The molecule has 1 aromatic heterocycles. The van der Waals surface area contributed by atoms with Crippen molar-refractivity contribution < 1.29 is 32.9 Å². The van der Waals surface area contributed by atoms with Crippen LogP contribution in [0.2, 0.25) is 0 Å². The Morgan fingerprint density at radius 2 is 1.71 bits per heavy atom. The second-order valence-corrected chi connectivity index (χ2v) is 13.3. The van der Waals surface area contributed by atoms with E-state index in [-0.39, 0.29) is 47.2 Å². The fourth-order valence-corrected chi connectivity index (χ4v) is 6.42. The average molecular weight is 713 g/mol. The van der Waals surface area contributed by atoms with Crippen LogP contribution in [0.3, 0.4) is 0 Å². The third kappa shape index (κ3) is 9.07. The molecule has 3 aromatic carbocycles. The molecule has 1 atom stereocenters. The van der Waals surface area contributed by atoms with E-state index in [9.17, 15) is 9.59 Å². The van der Waals surface area contributed by atoms with Gasteiger partial charge in [-0.25, -0.2) is 9.37 Å². The molecular weight excluding hydrogens is 667 g/mol. The van der Waals surface area contributed by atoms with Crippen LogP contribution in [0.25, 0.3) is 0 Å². The van der Waals surface area contributed by atoms with Gasteiger partial charge in [-0.2, -0.15) is 4.98 Å². The lowest BCUT2D eigenvalue weighted by atomic mass is 10.00. The summed E-state index contributed by atoms with van der Waals surface area (Å²) in [5.41, 5.74) is 2.86. The Balaban J connectivity index is 1.22. The molecule has 0 saturated carbocycles. The first-order valence-corrected chi connectivity index (χ1v) is 17.6. The minimum absolute atomic E-state index is 0.0510. The van der Waals surface area contributed by atoms with Gasteiger partial charge in [0.25, 0.3) is 11.8 Å². The van der Waals surface area contributed by atoms with E-state index in [2.05, 4.69) is 32.5 Å². The molecule has 3 heterocycles. The zero-order valence-electron chi connectivity index (χ0n) is 30.0. The van der Waals surface area contributed by atoms with Crippen molar-refractivity contribution in [2.24, 2.45) is 5.92 Å². The summed E-state index contributed by atoms with van der Waals surface area (Å²) in [6.07, 6.45) is 5.48. The van der Waals surface area contributed by atoms with Crippen LogP contribution >= 0.6 is 0 Å². The largest absolute Gasteiger partial charge is 0.493 e. The summed E-state index contributed by atoms with van der Waals surface area (Å²) in [5.74, 6) is 0.357. The van der Waals surface area contributed by atoms with Gasteiger partial charge in [0.05, 0.1) is 13.7 Å². The number of hydrogen-bond acceptors (Lipinski definition) is 10. The first-order valence-electron chi connectivity index (χ1n) is 17.6. The normalized spacial score (nSPS) is 15.9. The molecule has 6 rings (SSSR count). The van der Waals surface area contributed by atoms with Gasteiger partial charge in [0.2, 0.25) is 11.8 Å². The number of ether oxygens (including phenoxy) is 4. The zero-order valence-corrected chi connectivity index (χ0v) is 30.0. The maximum Gasteiger partial charge on any atom is 0.262 e. The summed E-state index contributed by atoms with van der Waals surface area (Å²) < 4.78 is 38.6. The molecule has 2 amide bonds. The summed E-state index contributed by atoms with van der Waals surface area (Å²) in [6.45, 7) is 7.61. The van der Waals surface area contributed by atoms with Crippen LogP contribution < -0.4 is 29.6 Å². The molecule has 2 saturated heterocycles. The minimum atomic E-state index is -0.524. The number of hydrogen-bond donors (Lipinski definition) is 2. The molecule has 4 aromatic rings. The first kappa shape index (κ1) is 36.4. The van der Waals surface area contributed by atoms with E-state index >= 15 is 4.39 Å². The molecule has 1 unspecified atom stereocenters. The van der Waals surface area contributed by atoms with Crippen LogP contribution in [-0.4, -0.2) is 85.1 Å². The number of amides is 2. The fourth-order valence-electron chi connectivity index (χ4n) is 6.42. The number of nitrogens with zero attached hydrogens (tertiary/aromatic N) is 4. The first-order chi connectivity index (χ1) is 25.2. The molecule has 0 spiro atoms. The highest BCUT2D eigenvalue weighted by Gasteiger charge is 2.23. The van der Waals surface area contributed by atoms with Crippen molar-refractivity contribution in [3.8, 4) is 28.9 Å². The lowest BCUT2D eigenvalue weighted by Crippen LogP contribution is -2.34. The Labute approximate surface area is 303 Å². The van der Waals surface area contributed by atoms with Crippen molar-refractivity contribution in [1.82, 2.24) is 19.8 Å². The molecule has 12 nitrogen and oxygen atoms in total. The molecular formula is C39H45FN6O6. The van der Waals surface area contributed by atoms with Crippen molar-refractivity contribution in [2.75, 3.05) is 64.2 Å². The minimum Gasteiger partial charge on any atom is -0.493 e. The highest BCUT2D eigenvalue weighted by atomic mass is 19.1. The number of halogens is 1. The van der Waals surface area contributed by atoms with Crippen molar-refractivity contribution in [1.29, 1.82) is 0 Å². The van der Waals surface area contributed by atoms with Gasteiger partial charge >= 0.3 is 0 Å². The number of aromatic nitrogens is 2. The fraction of sp³-hybridized carbons (Fsp3) is 0.385. The summed E-state index contributed by atoms with van der Waals surface area (Å²) >= 11 is 0. The molecule has 2 N–H and O–H groups in total. The van der Waals surface area contributed by atoms with Crippen LogP contribution in [0, 0.1) is 25.6 Å². The average Bonchev–Trinajstić information content (AvgIpc) is 3.68. The van der Waals surface area contributed by atoms with Crippen molar-refractivity contribution in [2.45, 2.75) is 39.5 Å². The number of carbonyl (C=O) groups is 2. The predicted molar refractivity (Wildman–Crippen MR) is 196 cm³/mol. The molecule has 13 heteroatoms. The van der Waals surface area contributed by atoms with E-state index in [1.807, 2.05) is 32.0 Å². The van der Waals surface area contributed by atoms with E-state index in [1.165, 1.54) is 19.4 Å². The molecule has 274 valence electrons. The van der Waals surface area contributed by atoms with Crippen molar-refractivity contribution in [3.05, 3.63) is 83.3 Å². The standard InChI is InChI=1S/C39H45FN6O6/c1-25-9-7-10-26(2)36(25)43-37(48)30-21-41-39(42-28-12-14-32(31(40)19-28)51-23-27-11-8-16-45(3)22-27)44-38(30)52-33-15-13-29(20-34(33)49-4)50-24-35(47)46-17-5-6-18-46/h7,9-10,12-15,19-21,27H,5-6,8,11,16-18,22-24H2,1-4H3,(H,43,48)(H,41,42,44). The molecule has 52 heavy (non-hydrogen) atoms. The molecule has 2 fully saturated rings. The lowest BCUT2D eigenvalue weighted by molar-refractivity contribution is -0.132. The Kier molecular flexibility index (Phi) is 11.7. The summed E-state index contributed by atoms with van der Waals surface area (Å²) in [5, 5.41) is 5.97. The van der Waals surface area contributed by atoms with Gasteiger partial charge in [-0.15, -0.1) is 0 Å². The van der Waals surface area contributed by atoms with Gasteiger partial charge in [-0.05, 0) is 88.5 Å². The maximum absolute atomic E-state index is 15.1. The molecule has 2 aliphatic rings. The number of likely N-dealkylation sites (tertiary alicyclic amines) is 2. The Bertz CT molecular complexity index is 1880. The lowest BCUT2D eigenvalue weighted by Gasteiger charge is -2.29. The van der Waals surface area contributed by atoms with Gasteiger partial charge in [0.15, 0.2) is 29.7 Å². The topological polar surface area (TPSA) is 127 Å². The van der Waals surface area contributed by atoms with Crippen molar-refractivity contribution >= 4 is 29.1 Å². The highest BCUT2D eigenvalue weighted by molar-refractivity contribution is 6.06. The number of benzene rings is 3. The SMILES string of the molecule is COc1cc(OCC(=O)N2CCCC2)ccc1Oc1nc(Nc2ccc(OCC3CCCN(C)C3)c(F)c2)ncc1C(=O)Nc1c(C)cccc1C. The quantitative estimate of drug-likeness (QED) is 0.154. The number of methoxy groups -OCH3 is 1. The van der Waals surface area contributed by atoms with E-state index in [1.54, 1.807) is 35.2 Å². The maximum atomic E-state index is 15.1. The van der Waals surface area contributed by atoms with E-state index < -0.39 is 11.7 Å². The Hall–Kier alpha value is -5.43. The Morgan fingerprint density at radius 1 is 0.942 bits per heavy atom. The van der Waals surface area contributed by atoms with Crippen LogP contribution in [0.5, 0.6) is 28.9 Å². The monoisotopic (exact) mass is 712 g/mol. The number of carbonyl (C=O) groups excluding carboxylic acids is 2. The van der Waals surface area contributed by atoms with Gasteiger partial charge in [-0.1, -0.05) is 18.2 Å². The molecule has 0 aliphatic carbocycles. The number of anilines is 3. The summed E-state index contributed by atoms with van der Waals surface area (Å²) in [4.78, 5) is 39.1. The van der Waals surface area contributed by atoms with Crippen LogP contribution in [0.15, 0.2) is 60.8 Å². The van der Waals surface area contributed by atoms with Crippen LogP contribution in [0.4, 0.5) is 21.7 Å². The number of nitrogens with one attached hydrogen (secondary N) is 2. The van der Waals surface area contributed by atoms with E-state index in [0.29, 0.717) is 29.6 Å². The molecule has 2 aliphatic heterocycles. The van der Waals surface area contributed by atoms with Crippen LogP contribution in [-0.2, 0) is 4.79 Å². The second-order valence-electron chi connectivity index (χ2n) is 13.3. The molecule has 0 bridgehead atoms. The van der Waals surface area contributed by atoms with Gasteiger partial charge < -0.3 is 39.4 Å². The van der Waals surface area contributed by atoms with Gasteiger partial charge in [-0.3, -0.25) is 9.59 Å². The van der Waals surface area contributed by atoms with Crippen LogP contribution in [0.1, 0.15) is 47.2 Å². The number of rotatable bonds is 13. The van der Waals surface area contributed by atoms with Crippen molar-refractivity contribution in [3.63, 3.8) is 0 Å². The van der Waals surface area contributed by atoms with E-state index in [0.717, 1.165) is 63.0 Å². The van der Waals surface area contributed by atoms with E-state index in [4.69, 9.17) is 18.9 Å². The van der Waals surface area contributed by atoms with Gasteiger partial charge in [0, 0.05) is 55.3 Å². The number of aryl methyl sites for hydroxylation is 2. The highest BCUT2D eigenvalue weighted by Crippen LogP contribution is 2.36. The smallest absolute Gasteiger partial charge is 0.262 e. The molecule has 0 radical (unpaired) electrons. The zero-order chi connectivity index (χ0) is 36.6. The number of piperidine rings is 1. The third-order valence-electron chi connectivity index (χ3n) is 9.27. The summed E-state index contributed by atoms with van der Waals surface area (Å²) in [6, 6.07) is 15.1. The second kappa shape index (κ2) is 16.7.